The van der Waals surface area contributed by atoms with E-state index in [0.29, 0.717) is 11.3 Å². The fourth-order valence-corrected chi connectivity index (χ4v) is 4.48. The van der Waals surface area contributed by atoms with E-state index in [-0.39, 0.29) is 11.4 Å². The second-order valence-corrected chi connectivity index (χ2v) is 7.66. The molecule has 1 aromatic rings. The summed E-state index contributed by atoms with van der Waals surface area (Å²) in [6.45, 7) is 2.10. The van der Waals surface area contributed by atoms with Crippen molar-refractivity contribution < 1.29 is 19.4 Å². The molecule has 0 radical (unpaired) electrons. The minimum atomic E-state index is -0.627. The maximum Gasteiger partial charge on any atom is 0.189 e. The van der Waals surface area contributed by atoms with Crippen LogP contribution in [0.1, 0.15) is 26.2 Å². The summed E-state index contributed by atoms with van der Waals surface area (Å²) < 4.78 is 0. The van der Waals surface area contributed by atoms with Gasteiger partial charge in [0, 0.05) is 29.2 Å². The Morgan fingerprint density at radius 2 is 2.19 bits per heavy atom. The van der Waals surface area contributed by atoms with Crippen LogP contribution in [-0.4, -0.2) is 24.9 Å². The number of hydrogen-bond acceptors (Lipinski definition) is 6. The number of nitrogens with zero attached hydrogens (tertiary/aromatic N) is 1. The first kappa shape index (κ1) is 17.9. The number of carbonyl (C=O) groups excluding carboxylic acids is 2. The second-order valence-electron chi connectivity index (χ2n) is 6.60. The lowest BCUT2D eigenvalue weighted by Crippen LogP contribution is -2.21. The summed E-state index contributed by atoms with van der Waals surface area (Å²) in [5.41, 5.74) is 2.48. The van der Waals surface area contributed by atoms with Gasteiger partial charge in [0.25, 0.3) is 0 Å². The van der Waals surface area contributed by atoms with Gasteiger partial charge in [0.2, 0.25) is 0 Å². The van der Waals surface area contributed by atoms with Crippen LogP contribution in [0.2, 0.25) is 0 Å². The minimum absolute atomic E-state index is 0.215. The first-order valence-corrected chi connectivity index (χ1v) is 9.75. The average molecular weight is 381 g/mol. The third kappa shape index (κ3) is 3.06. The molecule has 1 aromatic carbocycles. The van der Waals surface area contributed by atoms with E-state index < -0.39 is 6.10 Å². The molecule has 0 saturated heterocycles. The second kappa shape index (κ2) is 7.24. The van der Waals surface area contributed by atoms with Crippen LogP contribution in [0.3, 0.4) is 0 Å². The molecule has 1 unspecified atom stereocenters. The van der Waals surface area contributed by atoms with E-state index in [4.69, 9.17) is 9.78 Å². The van der Waals surface area contributed by atoms with E-state index in [9.17, 15) is 9.59 Å². The van der Waals surface area contributed by atoms with Crippen molar-refractivity contribution in [2.45, 2.75) is 37.2 Å². The Labute approximate surface area is 161 Å². The number of anilines is 1. The highest BCUT2D eigenvalue weighted by atomic mass is 32.2. The highest BCUT2D eigenvalue weighted by Crippen LogP contribution is 2.45. The van der Waals surface area contributed by atoms with E-state index in [1.54, 1.807) is 12.2 Å². The Kier molecular flexibility index (Phi) is 4.79. The molecule has 2 bridgehead atoms. The lowest BCUT2D eigenvalue weighted by atomic mass is 9.86. The van der Waals surface area contributed by atoms with Crippen LogP contribution < -0.4 is 4.90 Å². The normalized spacial score (nSPS) is 21.9. The van der Waals surface area contributed by atoms with Gasteiger partial charge in [0.1, 0.15) is 5.94 Å². The van der Waals surface area contributed by atoms with Gasteiger partial charge in [-0.05, 0) is 31.1 Å². The van der Waals surface area contributed by atoms with Gasteiger partial charge in [-0.15, -0.1) is 0 Å². The van der Waals surface area contributed by atoms with Gasteiger partial charge >= 0.3 is 0 Å². The zero-order chi connectivity index (χ0) is 19.0. The van der Waals surface area contributed by atoms with Crippen LogP contribution in [0, 0.1) is 0 Å². The first-order chi connectivity index (χ1) is 13.1. The third-order valence-electron chi connectivity index (χ3n) is 4.90. The molecule has 0 spiro atoms. The zero-order valence-corrected chi connectivity index (χ0v) is 16.0. The summed E-state index contributed by atoms with van der Waals surface area (Å²) >= 11 is 1.53. The minimum Gasteiger partial charge on any atom is -0.338 e. The predicted octanol–water partition coefficient (Wildman–Crippen LogP) is 4.11. The predicted molar refractivity (Wildman–Crippen MR) is 104 cm³/mol. The Morgan fingerprint density at radius 3 is 2.93 bits per heavy atom. The zero-order valence-electron chi connectivity index (χ0n) is 15.2. The van der Waals surface area contributed by atoms with Crippen molar-refractivity contribution in [1.82, 2.24) is 0 Å². The number of benzene rings is 1. The van der Waals surface area contributed by atoms with Crippen LogP contribution in [0.5, 0.6) is 0 Å². The molecule has 6 heteroatoms. The van der Waals surface area contributed by atoms with Crippen molar-refractivity contribution >= 4 is 29.2 Å². The lowest BCUT2D eigenvalue weighted by molar-refractivity contribution is -0.249. The van der Waals surface area contributed by atoms with Crippen LogP contribution in [0.4, 0.5) is 5.69 Å². The van der Waals surface area contributed by atoms with Gasteiger partial charge in [-0.3, -0.25) is 4.79 Å². The van der Waals surface area contributed by atoms with Gasteiger partial charge in [-0.25, -0.2) is 4.79 Å². The molecular weight excluding hydrogens is 362 g/mol. The molecule has 27 heavy (non-hydrogen) atoms. The molecule has 5 nitrogen and oxygen atoms in total. The Balaban J connectivity index is 1.64. The van der Waals surface area contributed by atoms with Crippen LogP contribution in [0.25, 0.3) is 0 Å². The van der Waals surface area contributed by atoms with E-state index in [1.165, 1.54) is 11.8 Å². The number of rotatable bonds is 5. The molecule has 4 rings (SSSR count). The Hall–Kier alpha value is -2.53. The Morgan fingerprint density at radius 1 is 1.37 bits per heavy atom. The van der Waals surface area contributed by atoms with Crippen molar-refractivity contribution in [3.05, 3.63) is 63.9 Å². The fourth-order valence-electron chi connectivity index (χ4n) is 3.40. The monoisotopic (exact) mass is 381 g/mol. The highest BCUT2D eigenvalue weighted by Gasteiger charge is 2.40. The standard InChI is InChI=1S/C21H19NO4S/c1-3-4-7-13-18-10-14(15(12-23)21(13)26-25-18)17(24)11-20-22(2)16-8-5-6-9-19(16)27-20/h5-6,8-11,21H,3-4,7H2,1-2H3. The molecule has 0 amide bonds. The highest BCUT2D eigenvalue weighted by molar-refractivity contribution is 8.03. The SMILES string of the molecule is CCCCC1=C2C=C(C(=O)C=C3Sc4ccccc4N3C)C(=C=O)C1OO2. The molecule has 1 atom stereocenters. The number of thioether (sulfide) groups is 1. The number of fused-ring (bicyclic) bond motifs is 2. The molecule has 2 aliphatic heterocycles. The summed E-state index contributed by atoms with van der Waals surface area (Å²) in [6.07, 6.45) is 5.31. The summed E-state index contributed by atoms with van der Waals surface area (Å²) in [4.78, 5) is 38.2. The van der Waals surface area contributed by atoms with E-state index in [1.807, 2.05) is 42.2 Å². The molecular formula is C21H19NO4S. The smallest absolute Gasteiger partial charge is 0.189 e. The quantitative estimate of drug-likeness (QED) is 0.435. The number of unbranched alkanes of at least 4 members (excludes halogenated alkanes) is 1. The summed E-state index contributed by atoms with van der Waals surface area (Å²) in [7, 11) is 1.92. The fraction of sp³-hybridized carbons (Fsp3) is 0.286. The molecule has 1 aliphatic carbocycles. The lowest BCUT2D eigenvalue weighted by Gasteiger charge is -2.17. The largest absolute Gasteiger partial charge is 0.338 e. The number of ketones is 1. The van der Waals surface area contributed by atoms with Gasteiger partial charge in [-0.1, -0.05) is 37.2 Å². The molecule has 138 valence electrons. The topological polar surface area (TPSA) is 55.8 Å². The number of allylic oxidation sites excluding steroid dienone is 2. The van der Waals surface area contributed by atoms with Crippen molar-refractivity contribution in [3.8, 4) is 0 Å². The molecule has 0 N–H and O–H groups in total. The van der Waals surface area contributed by atoms with Crippen molar-refractivity contribution in [2.75, 3.05) is 11.9 Å². The maximum atomic E-state index is 12.9. The van der Waals surface area contributed by atoms with Crippen molar-refractivity contribution in [1.29, 1.82) is 0 Å². The van der Waals surface area contributed by atoms with Crippen molar-refractivity contribution in [3.63, 3.8) is 0 Å². The van der Waals surface area contributed by atoms with Crippen LogP contribution >= 0.6 is 11.8 Å². The van der Waals surface area contributed by atoms with Gasteiger partial charge in [-0.2, -0.15) is 4.89 Å². The molecule has 0 fully saturated rings. The summed E-state index contributed by atoms with van der Waals surface area (Å²) in [5, 5.41) is 0.812. The number of para-hydroxylation sites is 1. The van der Waals surface area contributed by atoms with Crippen LogP contribution in [0.15, 0.2) is 68.8 Å². The van der Waals surface area contributed by atoms with Crippen LogP contribution in [-0.2, 0) is 19.4 Å². The molecule has 0 aromatic heterocycles. The summed E-state index contributed by atoms with van der Waals surface area (Å²) in [6, 6.07) is 7.97. The van der Waals surface area contributed by atoms with Crippen molar-refractivity contribution in [2.24, 2.45) is 0 Å². The van der Waals surface area contributed by atoms with E-state index in [0.717, 1.165) is 40.4 Å². The Bertz CT molecular complexity index is 953. The van der Waals surface area contributed by atoms with E-state index >= 15 is 0 Å². The first-order valence-electron chi connectivity index (χ1n) is 8.94. The molecule has 2 heterocycles. The summed E-state index contributed by atoms with van der Waals surface area (Å²) in [5.74, 6) is 2.21. The number of hydrogen-bond donors (Lipinski definition) is 0. The van der Waals surface area contributed by atoms with Gasteiger partial charge in [0.15, 0.2) is 17.6 Å². The molecule has 3 aliphatic rings. The van der Waals surface area contributed by atoms with E-state index in [2.05, 4.69) is 6.92 Å². The molecule has 0 saturated carbocycles. The van der Waals surface area contributed by atoms with Gasteiger partial charge in [0.05, 0.1) is 16.3 Å². The third-order valence-corrected chi connectivity index (χ3v) is 6.06. The maximum absolute atomic E-state index is 12.9. The number of carbonyl (C=O) groups is 1. The average Bonchev–Trinajstić information content (AvgIpc) is 3.14. The van der Waals surface area contributed by atoms with Gasteiger partial charge < -0.3 is 9.79 Å².